The quantitative estimate of drug-likeness (QED) is 0.814. The summed E-state index contributed by atoms with van der Waals surface area (Å²) in [6.07, 6.45) is 0. The Morgan fingerprint density at radius 1 is 1.05 bits per heavy atom. The largest absolute Gasteiger partial charge is 0.490 e. The van der Waals surface area contributed by atoms with Crippen LogP contribution in [0.2, 0.25) is 5.02 Å². The van der Waals surface area contributed by atoms with E-state index >= 15 is 0 Å². The van der Waals surface area contributed by atoms with Crippen molar-refractivity contribution in [3.8, 4) is 5.75 Å². The molecule has 2 aromatic rings. The van der Waals surface area contributed by atoms with Crippen molar-refractivity contribution in [3.63, 3.8) is 0 Å². The number of ether oxygens (including phenoxy) is 1. The van der Waals surface area contributed by atoms with Crippen LogP contribution in [0.3, 0.4) is 0 Å². The molecule has 1 N–H and O–H groups in total. The summed E-state index contributed by atoms with van der Waals surface area (Å²) >= 11 is 6.02. The monoisotopic (exact) mass is 275 g/mol. The lowest BCUT2D eigenvalue weighted by molar-refractivity contribution is 0.333. The van der Waals surface area contributed by atoms with E-state index in [0.29, 0.717) is 11.6 Å². The van der Waals surface area contributed by atoms with Gasteiger partial charge in [0.2, 0.25) is 0 Å². The molecule has 0 unspecified atom stereocenters. The lowest BCUT2D eigenvalue weighted by atomic mass is 10.1. The topological polar surface area (TPSA) is 21.3 Å². The summed E-state index contributed by atoms with van der Waals surface area (Å²) in [5.74, 6) is 0.728. The van der Waals surface area contributed by atoms with Crippen LogP contribution in [0.4, 0.5) is 5.69 Å². The first-order valence-electron chi connectivity index (χ1n) is 6.34. The van der Waals surface area contributed by atoms with Gasteiger partial charge in [-0.2, -0.15) is 0 Å². The average Bonchev–Trinajstić information content (AvgIpc) is 2.35. The fourth-order valence-electron chi connectivity index (χ4n) is 1.99. The second-order valence-corrected chi connectivity index (χ2v) is 4.99. The maximum atomic E-state index is 6.02. The molecule has 0 saturated heterocycles. The Bertz CT molecular complexity index is 534. The summed E-state index contributed by atoms with van der Waals surface area (Å²) in [6, 6.07) is 13.9. The van der Waals surface area contributed by atoms with Gasteiger partial charge in [0, 0.05) is 12.2 Å². The molecular formula is C16H18ClNO. The third kappa shape index (κ3) is 4.18. The van der Waals surface area contributed by atoms with Crippen molar-refractivity contribution < 1.29 is 4.74 Å². The predicted molar refractivity (Wildman–Crippen MR) is 81.4 cm³/mol. The van der Waals surface area contributed by atoms with Gasteiger partial charge in [0.05, 0.1) is 5.02 Å². The van der Waals surface area contributed by atoms with Crippen LogP contribution >= 0.6 is 11.6 Å². The molecule has 2 nitrogen and oxygen atoms in total. The van der Waals surface area contributed by atoms with Crippen LogP contribution in [0.5, 0.6) is 5.75 Å². The highest BCUT2D eigenvalue weighted by molar-refractivity contribution is 6.32. The number of hydrogen-bond donors (Lipinski definition) is 1. The molecule has 0 fully saturated rings. The number of para-hydroxylation sites is 1. The zero-order valence-corrected chi connectivity index (χ0v) is 12.0. The number of anilines is 1. The number of rotatable bonds is 5. The minimum atomic E-state index is 0.580. The molecule has 0 aliphatic heterocycles. The minimum absolute atomic E-state index is 0.580. The molecule has 0 bridgehead atoms. The summed E-state index contributed by atoms with van der Waals surface area (Å²) in [5.41, 5.74) is 3.64. The Kier molecular flexibility index (Phi) is 4.69. The van der Waals surface area contributed by atoms with Crippen molar-refractivity contribution >= 4 is 17.3 Å². The van der Waals surface area contributed by atoms with E-state index in [2.05, 4.69) is 37.4 Å². The molecule has 0 aromatic heterocycles. The molecule has 19 heavy (non-hydrogen) atoms. The van der Waals surface area contributed by atoms with E-state index in [4.69, 9.17) is 16.3 Å². The number of hydrogen-bond acceptors (Lipinski definition) is 2. The van der Waals surface area contributed by atoms with Crippen LogP contribution in [-0.2, 0) is 0 Å². The van der Waals surface area contributed by atoms with Crippen molar-refractivity contribution in [2.24, 2.45) is 0 Å². The molecule has 0 aliphatic carbocycles. The Labute approximate surface area is 119 Å². The van der Waals surface area contributed by atoms with Crippen LogP contribution in [0.15, 0.2) is 42.5 Å². The van der Waals surface area contributed by atoms with Crippen molar-refractivity contribution in [2.75, 3.05) is 18.5 Å². The smallest absolute Gasteiger partial charge is 0.137 e. The highest BCUT2D eigenvalue weighted by Crippen LogP contribution is 2.22. The number of nitrogens with one attached hydrogen (secondary N) is 1. The Morgan fingerprint density at radius 3 is 2.42 bits per heavy atom. The Morgan fingerprint density at radius 2 is 1.74 bits per heavy atom. The highest BCUT2D eigenvalue weighted by Gasteiger charge is 1.99. The zero-order chi connectivity index (χ0) is 13.7. The molecule has 0 heterocycles. The van der Waals surface area contributed by atoms with Gasteiger partial charge in [-0.1, -0.05) is 29.8 Å². The third-order valence-electron chi connectivity index (χ3n) is 2.75. The van der Waals surface area contributed by atoms with Gasteiger partial charge in [0.15, 0.2) is 0 Å². The van der Waals surface area contributed by atoms with Gasteiger partial charge in [0.1, 0.15) is 12.4 Å². The van der Waals surface area contributed by atoms with Crippen LogP contribution in [-0.4, -0.2) is 13.2 Å². The number of aryl methyl sites for hydroxylation is 2. The molecule has 2 aromatic carbocycles. The normalized spacial score (nSPS) is 10.3. The SMILES string of the molecule is Cc1cc(C)cc(NCCOc2ccccc2Cl)c1. The van der Waals surface area contributed by atoms with Gasteiger partial charge in [0.25, 0.3) is 0 Å². The second kappa shape index (κ2) is 6.48. The maximum Gasteiger partial charge on any atom is 0.137 e. The molecule has 2 rings (SSSR count). The first-order chi connectivity index (χ1) is 9.15. The molecule has 0 radical (unpaired) electrons. The average molecular weight is 276 g/mol. The molecular weight excluding hydrogens is 258 g/mol. The van der Waals surface area contributed by atoms with Crippen LogP contribution < -0.4 is 10.1 Å². The second-order valence-electron chi connectivity index (χ2n) is 4.58. The fourth-order valence-corrected chi connectivity index (χ4v) is 2.19. The van der Waals surface area contributed by atoms with Crippen LogP contribution in [0, 0.1) is 13.8 Å². The van der Waals surface area contributed by atoms with Gasteiger partial charge >= 0.3 is 0 Å². The number of halogens is 1. The van der Waals surface area contributed by atoms with E-state index < -0.39 is 0 Å². The van der Waals surface area contributed by atoms with E-state index in [9.17, 15) is 0 Å². The first-order valence-corrected chi connectivity index (χ1v) is 6.72. The van der Waals surface area contributed by atoms with Gasteiger partial charge in [-0.15, -0.1) is 0 Å². The third-order valence-corrected chi connectivity index (χ3v) is 3.06. The molecule has 0 aliphatic rings. The molecule has 0 saturated carbocycles. The molecule has 0 spiro atoms. The summed E-state index contributed by atoms with van der Waals surface area (Å²) in [5, 5.41) is 4.00. The van der Waals surface area contributed by atoms with Gasteiger partial charge in [-0.3, -0.25) is 0 Å². The predicted octanol–water partition coefficient (Wildman–Crippen LogP) is 4.45. The molecule has 0 amide bonds. The molecule has 3 heteroatoms. The van der Waals surface area contributed by atoms with Crippen LogP contribution in [0.1, 0.15) is 11.1 Å². The van der Waals surface area contributed by atoms with Gasteiger partial charge in [-0.25, -0.2) is 0 Å². The fraction of sp³-hybridized carbons (Fsp3) is 0.250. The Balaban J connectivity index is 1.82. The standard InChI is InChI=1S/C16H18ClNO/c1-12-9-13(2)11-14(10-12)18-7-8-19-16-6-4-3-5-15(16)17/h3-6,9-11,18H,7-8H2,1-2H3. The van der Waals surface area contributed by atoms with E-state index in [1.165, 1.54) is 11.1 Å². The number of benzene rings is 2. The molecule has 0 atom stereocenters. The minimum Gasteiger partial charge on any atom is -0.490 e. The lowest BCUT2D eigenvalue weighted by Crippen LogP contribution is -2.11. The summed E-state index contributed by atoms with van der Waals surface area (Å²) in [4.78, 5) is 0. The van der Waals surface area contributed by atoms with Gasteiger partial charge < -0.3 is 10.1 Å². The Hall–Kier alpha value is -1.67. The van der Waals surface area contributed by atoms with E-state index in [0.717, 1.165) is 18.0 Å². The van der Waals surface area contributed by atoms with E-state index in [-0.39, 0.29) is 0 Å². The van der Waals surface area contributed by atoms with Crippen molar-refractivity contribution in [3.05, 3.63) is 58.6 Å². The summed E-state index contributed by atoms with van der Waals surface area (Å²) < 4.78 is 5.62. The van der Waals surface area contributed by atoms with Crippen molar-refractivity contribution in [1.82, 2.24) is 0 Å². The van der Waals surface area contributed by atoms with E-state index in [1.807, 2.05) is 24.3 Å². The molecule has 100 valence electrons. The first kappa shape index (κ1) is 13.8. The van der Waals surface area contributed by atoms with E-state index in [1.54, 1.807) is 0 Å². The summed E-state index contributed by atoms with van der Waals surface area (Å²) in [7, 11) is 0. The van der Waals surface area contributed by atoms with Crippen molar-refractivity contribution in [1.29, 1.82) is 0 Å². The van der Waals surface area contributed by atoms with Gasteiger partial charge in [-0.05, 0) is 49.2 Å². The van der Waals surface area contributed by atoms with Crippen LogP contribution in [0.25, 0.3) is 0 Å². The zero-order valence-electron chi connectivity index (χ0n) is 11.2. The highest BCUT2D eigenvalue weighted by atomic mass is 35.5. The maximum absolute atomic E-state index is 6.02. The summed E-state index contributed by atoms with van der Waals surface area (Å²) in [6.45, 7) is 5.52. The van der Waals surface area contributed by atoms with Crippen molar-refractivity contribution in [2.45, 2.75) is 13.8 Å². The lowest BCUT2D eigenvalue weighted by Gasteiger charge is -2.10.